The lowest BCUT2D eigenvalue weighted by molar-refractivity contribution is 0.00998. The second-order valence-corrected chi connectivity index (χ2v) is 4.96. The summed E-state index contributed by atoms with van der Waals surface area (Å²) in [6, 6.07) is 0.693. The maximum absolute atomic E-state index is 2.58. The van der Waals surface area contributed by atoms with Crippen molar-refractivity contribution < 1.29 is 0 Å². The summed E-state index contributed by atoms with van der Waals surface area (Å²) in [5.74, 6) is 0. The molecule has 13 heavy (non-hydrogen) atoms. The van der Waals surface area contributed by atoms with Crippen LogP contribution in [0.5, 0.6) is 0 Å². The average Bonchev–Trinajstić information content (AvgIpc) is 2.02. The van der Waals surface area contributed by atoms with Gasteiger partial charge in [-0.05, 0) is 34.2 Å². The molecule has 0 spiro atoms. The second kappa shape index (κ2) is 3.97. The third-order valence-electron chi connectivity index (χ3n) is 3.22. The van der Waals surface area contributed by atoms with E-state index < -0.39 is 0 Å². The van der Waals surface area contributed by atoms with Gasteiger partial charge in [0.1, 0.15) is 0 Å². The molecular weight excluding hydrogens is 160 g/mol. The van der Waals surface area contributed by atoms with Crippen LogP contribution in [0.4, 0.5) is 0 Å². The first-order valence-electron chi connectivity index (χ1n) is 5.46. The lowest BCUT2D eigenvalue weighted by Crippen LogP contribution is -2.60. The molecule has 0 bridgehead atoms. The van der Waals surface area contributed by atoms with Crippen molar-refractivity contribution in [1.82, 2.24) is 9.80 Å². The molecule has 1 heterocycles. The number of piperazine rings is 1. The van der Waals surface area contributed by atoms with Gasteiger partial charge in [0.15, 0.2) is 0 Å². The van der Waals surface area contributed by atoms with E-state index in [1.54, 1.807) is 0 Å². The molecule has 0 aromatic carbocycles. The molecule has 0 aromatic heterocycles. The lowest BCUT2D eigenvalue weighted by Gasteiger charge is -2.48. The highest BCUT2D eigenvalue weighted by Crippen LogP contribution is 2.21. The first kappa shape index (κ1) is 11.0. The van der Waals surface area contributed by atoms with Gasteiger partial charge >= 0.3 is 0 Å². The van der Waals surface area contributed by atoms with Crippen molar-refractivity contribution in [3.8, 4) is 0 Å². The van der Waals surface area contributed by atoms with E-state index in [1.165, 1.54) is 26.2 Å². The van der Waals surface area contributed by atoms with Crippen LogP contribution < -0.4 is 0 Å². The highest BCUT2D eigenvalue weighted by atomic mass is 15.3. The molecule has 0 aromatic rings. The summed E-state index contributed by atoms with van der Waals surface area (Å²) in [7, 11) is 0. The van der Waals surface area contributed by atoms with Crippen molar-refractivity contribution in [3.63, 3.8) is 0 Å². The maximum atomic E-state index is 2.58. The van der Waals surface area contributed by atoms with E-state index >= 15 is 0 Å². The SMILES string of the molecule is CCN1CCN(C(C)C)CC1(C)C. The monoisotopic (exact) mass is 184 g/mol. The highest BCUT2D eigenvalue weighted by molar-refractivity contribution is 4.90. The van der Waals surface area contributed by atoms with Gasteiger partial charge in [-0.3, -0.25) is 9.80 Å². The smallest absolute Gasteiger partial charge is 0.0280 e. The normalized spacial score (nSPS) is 25.4. The molecule has 78 valence electrons. The van der Waals surface area contributed by atoms with Gasteiger partial charge in [0.25, 0.3) is 0 Å². The van der Waals surface area contributed by atoms with Crippen LogP contribution >= 0.6 is 0 Å². The molecule has 0 unspecified atom stereocenters. The maximum Gasteiger partial charge on any atom is 0.0280 e. The molecule has 1 fully saturated rings. The summed E-state index contributed by atoms with van der Waals surface area (Å²) >= 11 is 0. The Bertz CT molecular complexity index is 163. The summed E-state index contributed by atoms with van der Waals surface area (Å²) in [4.78, 5) is 5.15. The van der Waals surface area contributed by atoms with Gasteiger partial charge in [0.05, 0.1) is 0 Å². The molecule has 1 rings (SSSR count). The number of rotatable bonds is 2. The first-order valence-corrected chi connectivity index (χ1v) is 5.46. The van der Waals surface area contributed by atoms with E-state index in [-0.39, 0.29) is 0 Å². The van der Waals surface area contributed by atoms with Crippen molar-refractivity contribution in [1.29, 1.82) is 0 Å². The summed E-state index contributed by atoms with van der Waals surface area (Å²) in [6.45, 7) is 16.4. The molecule has 2 nitrogen and oxygen atoms in total. The van der Waals surface area contributed by atoms with Gasteiger partial charge in [-0.25, -0.2) is 0 Å². The van der Waals surface area contributed by atoms with Gasteiger partial charge in [-0.15, -0.1) is 0 Å². The predicted molar refractivity (Wildman–Crippen MR) is 58.0 cm³/mol. The second-order valence-electron chi connectivity index (χ2n) is 4.96. The number of hydrogen-bond acceptors (Lipinski definition) is 2. The van der Waals surface area contributed by atoms with Crippen LogP contribution in [0.15, 0.2) is 0 Å². The van der Waals surface area contributed by atoms with Gasteiger partial charge in [0, 0.05) is 31.2 Å². The molecule has 1 saturated heterocycles. The summed E-state index contributed by atoms with van der Waals surface area (Å²) < 4.78 is 0. The van der Waals surface area contributed by atoms with Crippen LogP contribution in [0.25, 0.3) is 0 Å². The van der Waals surface area contributed by atoms with E-state index in [9.17, 15) is 0 Å². The topological polar surface area (TPSA) is 6.48 Å². The zero-order valence-electron chi connectivity index (χ0n) is 9.80. The van der Waals surface area contributed by atoms with Gasteiger partial charge < -0.3 is 0 Å². The van der Waals surface area contributed by atoms with Crippen LogP contribution in [0, 0.1) is 0 Å². The fourth-order valence-electron chi connectivity index (χ4n) is 2.25. The van der Waals surface area contributed by atoms with Crippen molar-refractivity contribution in [2.75, 3.05) is 26.2 Å². The van der Waals surface area contributed by atoms with Gasteiger partial charge in [0.2, 0.25) is 0 Å². The fraction of sp³-hybridized carbons (Fsp3) is 1.00. The first-order chi connectivity index (χ1) is 5.97. The molecule has 0 saturated carbocycles. The molecular formula is C11H24N2. The van der Waals surface area contributed by atoms with E-state index in [0.717, 1.165) is 0 Å². The minimum absolute atomic E-state index is 0.358. The van der Waals surface area contributed by atoms with Crippen molar-refractivity contribution >= 4 is 0 Å². The number of likely N-dealkylation sites (N-methyl/N-ethyl adjacent to an activating group) is 1. The third kappa shape index (κ3) is 2.44. The minimum atomic E-state index is 0.358. The van der Waals surface area contributed by atoms with Crippen molar-refractivity contribution in [3.05, 3.63) is 0 Å². The Morgan fingerprint density at radius 2 is 1.85 bits per heavy atom. The lowest BCUT2D eigenvalue weighted by atomic mass is 9.98. The zero-order valence-corrected chi connectivity index (χ0v) is 9.80. The highest BCUT2D eigenvalue weighted by Gasteiger charge is 2.33. The van der Waals surface area contributed by atoms with Crippen molar-refractivity contribution in [2.24, 2.45) is 0 Å². The van der Waals surface area contributed by atoms with Crippen LogP contribution in [0.2, 0.25) is 0 Å². The Morgan fingerprint density at radius 1 is 1.23 bits per heavy atom. The third-order valence-corrected chi connectivity index (χ3v) is 3.22. The average molecular weight is 184 g/mol. The molecule has 1 aliphatic heterocycles. The molecule has 0 atom stereocenters. The molecule has 0 amide bonds. The number of hydrogen-bond donors (Lipinski definition) is 0. The van der Waals surface area contributed by atoms with Crippen LogP contribution in [-0.2, 0) is 0 Å². The zero-order chi connectivity index (χ0) is 10.1. The minimum Gasteiger partial charge on any atom is -0.298 e. The van der Waals surface area contributed by atoms with Crippen molar-refractivity contribution in [2.45, 2.75) is 46.2 Å². The molecule has 1 aliphatic rings. The summed E-state index contributed by atoms with van der Waals surface area (Å²) in [6.07, 6.45) is 0. The summed E-state index contributed by atoms with van der Waals surface area (Å²) in [5, 5.41) is 0. The van der Waals surface area contributed by atoms with E-state index in [4.69, 9.17) is 0 Å². The molecule has 0 radical (unpaired) electrons. The number of nitrogens with zero attached hydrogens (tertiary/aromatic N) is 2. The van der Waals surface area contributed by atoms with E-state index in [0.29, 0.717) is 11.6 Å². The Morgan fingerprint density at radius 3 is 2.23 bits per heavy atom. The van der Waals surface area contributed by atoms with Gasteiger partial charge in [-0.1, -0.05) is 6.92 Å². The molecule has 2 heteroatoms. The van der Waals surface area contributed by atoms with Crippen LogP contribution in [0.1, 0.15) is 34.6 Å². The van der Waals surface area contributed by atoms with E-state index in [2.05, 4.69) is 44.4 Å². The molecule has 0 aliphatic carbocycles. The quantitative estimate of drug-likeness (QED) is 0.646. The Balaban J connectivity index is 2.59. The van der Waals surface area contributed by atoms with E-state index in [1.807, 2.05) is 0 Å². The Kier molecular flexibility index (Phi) is 3.36. The largest absolute Gasteiger partial charge is 0.298 e. The standard InChI is InChI=1S/C11H24N2/c1-6-13-8-7-12(10(2)3)9-11(13,4)5/h10H,6-9H2,1-5H3. The summed E-state index contributed by atoms with van der Waals surface area (Å²) in [5.41, 5.74) is 0.358. The van der Waals surface area contributed by atoms with Crippen LogP contribution in [0.3, 0.4) is 0 Å². The molecule has 0 N–H and O–H groups in total. The Labute approximate surface area is 82.9 Å². The predicted octanol–water partition coefficient (Wildman–Crippen LogP) is 1.81. The Hall–Kier alpha value is -0.0800. The van der Waals surface area contributed by atoms with Crippen LogP contribution in [-0.4, -0.2) is 47.6 Å². The fourth-order valence-corrected chi connectivity index (χ4v) is 2.25. The van der Waals surface area contributed by atoms with Gasteiger partial charge in [-0.2, -0.15) is 0 Å².